The van der Waals surface area contributed by atoms with Gasteiger partial charge in [0.05, 0.1) is 20.3 Å². The van der Waals surface area contributed by atoms with Crippen molar-refractivity contribution in [1.82, 2.24) is 0 Å². The second kappa shape index (κ2) is 4.09. The number of methoxy groups -OCH3 is 2. The first-order chi connectivity index (χ1) is 8.00. The van der Waals surface area contributed by atoms with Crippen LogP contribution in [0.25, 0.3) is 0 Å². The van der Waals surface area contributed by atoms with Crippen LogP contribution in [0.3, 0.4) is 0 Å². The standard InChI is InChI=1S/C12H17NO4/c1-16-9-3-7(4-10(17-2)11(9)15)12(13)5-8(14)6-12/h3-4,8,14-15H,5-6,13H2,1-2H3. The van der Waals surface area contributed by atoms with Gasteiger partial charge in [-0.1, -0.05) is 0 Å². The van der Waals surface area contributed by atoms with Gasteiger partial charge < -0.3 is 25.4 Å². The second-order valence-corrected chi connectivity index (χ2v) is 4.45. The fourth-order valence-corrected chi connectivity index (χ4v) is 2.20. The highest BCUT2D eigenvalue weighted by molar-refractivity contribution is 5.54. The molecule has 0 aliphatic heterocycles. The van der Waals surface area contributed by atoms with Gasteiger partial charge in [-0.05, 0) is 30.5 Å². The second-order valence-electron chi connectivity index (χ2n) is 4.45. The molecule has 0 aromatic heterocycles. The molecule has 1 aliphatic rings. The Morgan fingerprint density at radius 2 is 1.71 bits per heavy atom. The lowest BCUT2D eigenvalue weighted by atomic mass is 9.70. The number of aliphatic hydroxyl groups excluding tert-OH is 1. The summed E-state index contributed by atoms with van der Waals surface area (Å²) in [6.07, 6.45) is 0.652. The zero-order chi connectivity index (χ0) is 12.6. The quantitative estimate of drug-likeness (QED) is 0.723. The van der Waals surface area contributed by atoms with Crippen LogP contribution in [0.15, 0.2) is 12.1 Å². The van der Waals surface area contributed by atoms with Crippen molar-refractivity contribution in [2.75, 3.05) is 14.2 Å². The van der Waals surface area contributed by atoms with Gasteiger partial charge in [0.1, 0.15) is 0 Å². The van der Waals surface area contributed by atoms with E-state index in [1.807, 2.05) is 0 Å². The molecule has 4 N–H and O–H groups in total. The van der Waals surface area contributed by atoms with Crippen LogP contribution in [0.5, 0.6) is 17.2 Å². The predicted octanol–water partition coefficient (Wildman–Crippen LogP) is 0.718. The van der Waals surface area contributed by atoms with Crippen LogP contribution in [0.2, 0.25) is 0 Å². The summed E-state index contributed by atoms with van der Waals surface area (Å²) in [5.74, 6) is 0.610. The Morgan fingerprint density at radius 3 is 2.06 bits per heavy atom. The summed E-state index contributed by atoms with van der Waals surface area (Å²) >= 11 is 0. The Kier molecular flexibility index (Phi) is 2.89. The fraction of sp³-hybridized carbons (Fsp3) is 0.500. The molecule has 0 heterocycles. The zero-order valence-electron chi connectivity index (χ0n) is 9.93. The summed E-state index contributed by atoms with van der Waals surface area (Å²) in [5.41, 5.74) is 6.40. The van der Waals surface area contributed by atoms with E-state index in [1.54, 1.807) is 12.1 Å². The molecule has 5 heteroatoms. The molecule has 2 rings (SSSR count). The van der Waals surface area contributed by atoms with E-state index >= 15 is 0 Å². The van der Waals surface area contributed by atoms with Crippen molar-refractivity contribution in [2.45, 2.75) is 24.5 Å². The van der Waals surface area contributed by atoms with Crippen molar-refractivity contribution in [3.05, 3.63) is 17.7 Å². The SMILES string of the molecule is COc1cc(C2(N)CC(O)C2)cc(OC)c1O. The molecule has 0 atom stereocenters. The lowest BCUT2D eigenvalue weighted by Crippen LogP contribution is -2.51. The lowest BCUT2D eigenvalue weighted by molar-refractivity contribution is 0.0207. The van der Waals surface area contributed by atoms with Gasteiger partial charge in [0.15, 0.2) is 11.5 Å². The van der Waals surface area contributed by atoms with E-state index in [9.17, 15) is 10.2 Å². The molecule has 1 aromatic carbocycles. The number of benzene rings is 1. The van der Waals surface area contributed by atoms with E-state index < -0.39 is 5.54 Å². The van der Waals surface area contributed by atoms with Crippen molar-refractivity contribution in [1.29, 1.82) is 0 Å². The number of aromatic hydroxyl groups is 1. The number of phenols is 1. The monoisotopic (exact) mass is 239 g/mol. The van der Waals surface area contributed by atoms with Crippen molar-refractivity contribution < 1.29 is 19.7 Å². The smallest absolute Gasteiger partial charge is 0.200 e. The van der Waals surface area contributed by atoms with Gasteiger partial charge in [-0.15, -0.1) is 0 Å². The van der Waals surface area contributed by atoms with Crippen LogP contribution in [0.1, 0.15) is 18.4 Å². The number of phenolic OH excluding ortho intramolecular Hbond substituents is 1. The van der Waals surface area contributed by atoms with Crippen LogP contribution in [0, 0.1) is 0 Å². The Hall–Kier alpha value is -1.46. The van der Waals surface area contributed by atoms with Gasteiger partial charge in [-0.25, -0.2) is 0 Å². The summed E-state index contributed by atoms with van der Waals surface area (Å²) < 4.78 is 10.1. The van der Waals surface area contributed by atoms with Crippen LogP contribution >= 0.6 is 0 Å². The summed E-state index contributed by atoms with van der Waals surface area (Å²) in [6, 6.07) is 3.37. The van der Waals surface area contributed by atoms with E-state index in [2.05, 4.69) is 0 Å². The van der Waals surface area contributed by atoms with Crippen LogP contribution in [-0.2, 0) is 5.54 Å². The van der Waals surface area contributed by atoms with Gasteiger partial charge in [0, 0.05) is 5.54 Å². The molecule has 94 valence electrons. The van der Waals surface area contributed by atoms with Gasteiger partial charge in [0.2, 0.25) is 5.75 Å². The number of aliphatic hydroxyl groups is 1. The van der Waals surface area contributed by atoms with E-state index in [1.165, 1.54) is 14.2 Å². The first-order valence-corrected chi connectivity index (χ1v) is 5.42. The molecular weight excluding hydrogens is 222 g/mol. The Bertz CT molecular complexity index is 402. The van der Waals surface area contributed by atoms with Crippen molar-refractivity contribution in [3.8, 4) is 17.2 Å². The number of ether oxygens (including phenoxy) is 2. The van der Waals surface area contributed by atoms with Crippen LogP contribution in [-0.4, -0.2) is 30.5 Å². The van der Waals surface area contributed by atoms with Crippen molar-refractivity contribution in [3.63, 3.8) is 0 Å². The average Bonchev–Trinajstić information content (AvgIpc) is 2.27. The molecule has 17 heavy (non-hydrogen) atoms. The van der Waals surface area contributed by atoms with E-state index in [0.29, 0.717) is 24.3 Å². The van der Waals surface area contributed by atoms with Crippen molar-refractivity contribution in [2.24, 2.45) is 5.73 Å². The largest absolute Gasteiger partial charge is 0.502 e. The molecule has 1 fully saturated rings. The Balaban J connectivity index is 2.42. The maximum absolute atomic E-state index is 9.78. The van der Waals surface area contributed by atoms with E-state index in [0.717, 1.165) is 5.56 Å². The molecule has 5 nitrogen and oxygen atoms in total. The zero-order valence-corrected chi connectivity index (χ0v) is 9.93. The minimum absolute atomic E-state index is 0.0396. The molecule has 0 unspecified atom stereocenters. The number of nitrogens with two attached hydrogens (primary N) is 1. The predicted molar refractivity (Wildman–Crippen MR) is 62.3 cm³/mol. The van der Waals surface area contributed by atoms with Gasteiger partial charge in [-0.2, -0.15) is 0 Å². The maximum atomic E-state index is 9.78. The third kappa shape index (κ3) is 1.92. The average molecular weight is 239 g/mol. The number of hydrogen-bond donors (Lipinski definition) is 3. The molecule has 1 saturated carbocycles. The summed E-state index contributed by atoms with van der Waals surface area (Å²) in [4.78, 5) is 0. The third-order valence-corrected chi connectivity index (χ3v) is 3.25. The van der Waals surface area contributed by atoms with Gasteiger partial charge in [-0.3, -0.25) is 0 Å². The molecule has 1 aliphatic carbocycles. The molecular formula is C12H17NO4. The highest BCUT2D eigenvalue weighted by Gasteiger charge is 2.42. The summed E-state index contributed by atoms with van der Waals surface area (Å²) in [5, 5.41) is 19.1. The van der Waals surface area contributed by atoms with Crippen LogP contribution in [0.4, 0.5) is 0 Å². The van der Waals surface area contributed by atoms with Crippen molar-refractivity contribution >= 4 is 0 Å². The van der Waals surface area contributed by atoms with Gasteiger partial charge in [0.25, 0.3) is 0 Å². The van der Waals surface area contributed by atoms with Gasteiger partial charge >= 0.3 is 0 Å². The Morgan fingerprint density at radius 1 is 1.24 bits per heavy atom. The Labute approximate surface area is 99.8 Å². The molecule has 0 saturated heterocycles. The first kappa shape index (κ1) is 12.0. The third-order valence-electron chi connectivity index (χ3n) is 3.25. The maximum Gasteiger partial charge on any atom is 0.200 e. The van der Waals surface area contributed by atoms with E-state index in [4.69, 9.17) is 15.2 Å². The molecule has 0 spiro atoms. The molecule has 0 bridgehead atoms. The summed E-state index contributed by atoms with van der Waals surface area (Å²) in [7, 11) is 2.94. The normalized spacial score (nSPS) is 27.4. The fourth-order valence-electron chi connectivity index (χ4n) is 2.20. The molecule has 0 radical (unpaired) electrons. The minimum Gasteiger partial charge on any atom is -0.502 e. The lowest BCUT2D eigenvalue weighted by Gasteiger charge is -2.42. The highest BCUT2D eigenvalue weighted by atomic mass is 16.5. The minimum atomic E-state index is -0.562. The molecule has 1 aromatic rings. The number of hydrogen-bond acceptors (Lipinski definition) is 5. The topological polar surface area (TPSA) is 84.9 Å². The first-order valence-electron chi connectivity index (χ1n) is 5.42. The van der Waals surface area contributed by atoms with Crippen LogP contribution < -0.4 is 15.2 Å². The number of rotatable bonds is 3. The highest BCUT2D eigenvalue weighted by Crippen LogP contribution is 2.45. The summed E-state index contributed by atoms with van der Waals surface area (Å²) in [6.45, 7) is 0. The van der Waals surface area contributed by atoms with E-state index in [-0.39, 0.29) is 11.9 Å². The molecule has 0 amide bonds.